The van der Waals surface area contributed by atoms with Crippen LogP contribution < -0.4 is 5.32 Å². The number of carbonyl (C=O) groups excluding carboxylic acids is 1. The molecule has 1 aliphatic heterocycles. The number of nitrogens with one attached hydrogen (secondary N) is 1. The van der Waals surface area contributed by atoms with Gasteiger partial charge < -0.3 is 15.5 Å². The normalized spacial score (nSPS) is 16.9. The molecule has 0 spiro atoms. The molecule has 1 amide bonds. The van der Waals surface area contributed by atoms with Crippen LogP contribution in [0.5, 0.6) is 0 Å². The molecular formula is C24H23BrF3N3O6S. The quantitative estimate of drug-likeness (QED) is 0.398. The molecule has 0 bridgehead atoms. The number of rotatable bonds is 5. The number of nitrogens with zero attached hydrogens (tertiary/aromatic N) is 2. The molecule has 38 heavy (non-hydrogen) atoms. The molecule has 4 rings (SSSR count). The van der Waals surface area contributed by atoms with Gasteiger partial charge in [-0.05, 0) is 48.1 Å². The zero-order chi connectivity index (χ0) is 28.3. The first-order valence-corrected chi connectivity index (χ1v) is 13.3. The predicted molar refractivity (Wildman–Crippen MR) is 135 cm³/mol. The van der Waals surface area contributed by atoms with Gasteiger partial charge in [-0.2, -0.15) is 17.5 Å². The van der Waals surface area contributed by atoms with E-state index in [1.54, 1.807) is 48.8 Å². The van der Waals surface area contributed by atoms with Gasteiger partial charge in [0.2, 0.25) is 10.0 Å². The monoisotopic (exact) mass is 617 g/mol. The summed E-state index contributed by atoms with van der Waals surface area (Å²) in [6.45, 7) is 2.33. The van der Waals surface area contributed by atoms with Crippen LogP contribution in [-0.2, 0) is 19.6 Å². The van der Waals surface area contributed by atoms with Crippen LogP contribution in [0.2, 0.25) is 0 Å². The van der Waals surface area contributed by atoms with Crippen molar-refractivity contribution in [2.75, 3.05) is 13.1 Å². The summed E-state index contributed by atoms with van der Waals surface area (Å²) >= 11 is 3.32. The van der Waals surface area contributed by atoms with E-state index in [2.05, 4.69) is 26.2 Å². The number of halogens is 4. The average molecular weight is 618 g/mol. The summed E-state index contributed by atoms with van der Waals surface area (Å²) < 4.78 is 60.6. The number of aryl methyl sites for hydroxylation is 1. The maximum absolute atomic E-state index is 13.3. The van der Waals surface area contributed by atoms with Gasteiger partial charge in [-0.15, -0.1) is 0 Å². The lowest BCUT2D eigenvalue weighted by Gasteiger charge is -2.19. The van der Waals surface area contributed by atoms with Crippen molar-refractivity contribution in [1.82, 2.24) is 14.6 Å². The zero-order valence-corrected chi connectivity index (χ0v) is 22.2. The number of aliphatic hydroxyl groups excluding tert-OH is 1. The third-order valence-corrected chi connectivity index (χ3v) is 8.21. The number of carboxylic acids is 1. The maximum atomic E-state index is 13.3. The van der Waals surface area contributed by atoms with Gasteiger partial charge in [0.05, 0.1) is 4.90 Å². The summed E-state index contributed by atoms with van der Waals surface area (Å²) in [6.07, 6.45) is -2.65. The van der Waals surface area contributed by atoms with Crippen LogP contribution in [0.15, 0.2) is 64.2 Å². The van der Waals surface area contributed by atoms with Gasteiger partial charge in [-0.25, -0.2) is 13.2 Å². The molecule has 2 atom stereocenters. The summed E-state index contributed by atoms with van der Waals surface area (Å²) in [5.41, 5.74) is 1.38. The Kier molecular flexibility index (Phi) is 9.13. The lowest BCUT2D eigenvalue weighted by Crippen LogP contribution is -2.40. The molecule has 3 aromatic rings. The predicted octanol–water partition coefficient (Wildman–Crippen LogP) is 3.55. The number of carboxylic acid groups (broad SMARTS) is 1. The minimum Gasteiger partial charge on any atom is -0.475 e. The number of aliphatic hydroxyl groups is 1. The fourth-order valence-electron chi connectivity index (χ4n) is 3.82. The number of aliphatic carboxylic acids is 1. The molecule has 204 valence electrons. The zero-order valence-electron chi connectivity index (χ0n) is 19.8. The number of aromatic nitrogens is 1. The van der Waals surface area contributed by atoms with Gasteiger partial charge in [0.15, 0.2) is 6.10 Å². The molecule has 1 aliphatic rings. The van der Waals surface area contributed by atoms with Crippen LogP contribution in [0.1, 0.15) is 23.7 Å². The highest BCUT2D eigenvalue weighted by atomic mass is 79.9. The smallest absolute Gasteiger partial charge is 0.475 e. The standard InChI is InChI=1S/C22H22BrN3O4S.C2HF3O2/c1-14-11-24-12-19-18(14)3-2-4-20(19)31(29,30)26-10-9-17(13-26)25-22(28)21(27)15-5-7-16(23)8-6-15;3-2(4,5)1(6)7/h2-8,11-12,17,21,27H,9-10,13H2,1H3,(H,25,28);(H,6,7)/t17-,21?;/m0./s1. The summed E-state index contributed by atoms with van der Waals surface area (Å²) in [6, 6.07) is 11.6. The second kappa shape index (κ2) is 11.8. The van der Waals surface area contributed by atoms with Crippen LogP contribution in [0.4, 0.5) is 13.2 Å². The van der Waals surface area contributed by atoms with Crippen molar-refractivity contribution in [2.24, 2.45) is 0 Å². The van der Waals surface area contributed by atoms with Crippen molar-refractivity contribution >= 4 is 48.6 Å². The van der Waals surface area contributed by atoms with E-state index < -0.39 is 34.2 Å². The van der Waals surface area contributed by atoms with Gasteiger partial charge >= 0.3 is 12.1 Å². The van der Waals surface area contributed by atoms with Crippen molar-refractivity contribution in [3.8, 4) is 0 Å². The number of benzene rings is 2. The topological polar surface area (TPSA) is 137 Å². The van der Waals surface area contributed by atoms with E-state index in [0.717, 1.165) is 15.4 Å². The molecule has 2 heterocycles. The van der Waals surface area contributed by atoms with E-state index in [-0.39, 0.29) is 24.0 Å². The van der Waals surface area contributed by atoms with Crippen molar-refractivity contribution in [3.63, 3.8) is 0 Å². The van der Waals surface area contributed by atoms with E-state index in [4.69, 9.17) is 9.90 Å². The Morgan fingerprint density at radius 3 is 2.37 bits per heavy atom. The van der Waals surface area contributed by atoms with Crippen LogP contribution in [0.3, 0.4) is 0 Å². The van der Waals surface area contributed by atoms with Crippen LogP contribution in [-0.4, -0.2) is 65.1 Å². The maximum Gasteiger partial charge on any atom is 0.490 e. The van der Waals surface area contributed by atoms with Gasteiger partial charge in [0.25, 0.3) is 5.91 Å². The van der Waals surface area contributed by atoms with E-state index in [1.807, 2.05) is 13.0 Å². The number of hydrogen-bond donors (Lipinski definition) is 3. The van der Waals surface area contributed by atoms with Crippen LogP contribution in [0.25, 0.3) is 10.8 Å². The highest BCUT2D eigenvalue weighted by molar-refractivity contribution is 9.10. The van der Waals surface area contributed by atoms with Crippen molar-refractivity contribution in [3.05, 3.63) is 70.5 Å². The Labute approximate surface area is 224 Å². The number of carbonyl (C=O) groups is 2. The highest BCUT2D eigenvalue weighted by Crippen LogP contribution is 2.29. The first-order chi connectivity index (χ1) is 17.7. The van der Waals surface area contributed by atoms with Crippen LogP contribution >= 0.6 is 15.9 Å². The molecule has 2 aromatic carbocycles. The second-order valence-electron chi connectivity index (χ2n) is 8.42. The van der Waals surface area contributed by atoms with Gasteiger partial charge in [-0.3, -0.25) is 9.78 Å². The van der Waals surface area contributed by atoms with E-state index in [0.29, 0.717) is 17.4 Å². The van der Waals surface area contributed by atoms with E-state index in [9.17, 15) is 31.5 Å². The minimum atomic E-state index is -5.08. The molecule has 0 aliphatic carbocycles. The average Bonchev–Trinajstić information content (AvgIpc) is 3.33. The molecule has 1 saturated heterocycles. The first-order valence-electron chi connectivity index (χ1n) is 11.1. The molecule has 1 aromatic heterocycles. The summed E-state index contributed by atoms with van der Waals surface area (Å²) in [7, 11) is -3.75. The van der Waals surface area contributed by atoms with E-state index in [1.165, 1.54) is 4.31 Å². The largest absolute Gasteiger partial charge is 0.490 e. The van der Waals surface area contributed by atoms with Gasteiger partial charge in [-0.1, -0.05) is 40.2 Å². The number of alkyl halides is 3. The lowest BCUT2D eigenvalue weighted by molar-refractivity contribution is -0.192. The number of amides is 1. The molecular weight excluding hydrogens is 595 g/mol. The molecule has 0 saturated carbocycles. The lowest BCUT2D eigenvalue weighted by atomic mass is 10.1. The molecule has 3 N–H and O–H groups in total. The Hall–Kier alpha value is -3.07. The SMILES string of the molecule is Cc1cncc2c(S(=O)(=O)N3CC[C@H](NC(=O)C(O)c4ccc(Br)cc4)C3)cccc12.O=C(O)C(F)(F)F. The Morgan fingerprint density at radius 1 is 1.13 bits per heavy atom. The second-order valence-corrected chi connectivity index (χ2v) is 11.2. The first kappa shape index (κ1) is 29.5. The third kappa shape index (κ3) is 6.87. The Morgan fingerprint density at radius 2 is 1.76 bits per heavy atom. The molecule has 9 nitrogen and oxygen atoms in total. The minimum absolute atomic E-state index is 0.150. The molecule has 1 unspecified atom stereocenters. The molecule has 14 heteroatoms. The number of fused-ring (bicyclic) bond motifs is 1. The van der Waals surface area contributed by atoms with Gasteiger partial charge in [0.1, 0.15) is 0 Å². The molecule has 0 radical (unpaired) electrons. The number of pyridine rings is 1. The number of hydrogen-bond acceptors (Lipinski definition) is 6. The van der Waals surface area contributed by atoms with Crippen molar-refractivity contribution in [2.45, 2.75) is 36.6 Å². The van der Waals surface area contributed by atoms with Crippen molar-refractivity contribution in [1.29, 1.82) is 0 Å². The fraction of sp³-hybridized carbons (Fsp3) is 0.292. The molecule has 1 fully saturated rings. The van der Waals surface area contributed by atoms with Crippen LogP contribution in [0, 0.1) is 6.92 Å². The summed E-state index contributed by atoms with van der Waals surface area (Å²) in [5, 5.41) is 21.6. The Balaban J connectivity index is 0.000000505. The summed E-state index contributed by atoms with van der Waals surface area (Å²) in [4.78, 5) is 25.7. The highest BCUT2D eigenvalue weighted by Gasteiger charge is 2.38. The van der Waals surface area contributed by atoms with E-state index >= 15 is 0 Å². The van der Waals surface area contributed by atoms with Crippen molar-refractivity contribution < 1.29 is 41.4 Å². The van der Waals surface area contributed by atoms with Gasteiger partial charge in [0, 0.05) is 41.4 Å². The number of sulfonamides is 1. The fourth-order valence-corrected chi connectivity index (χ4v) is 5.77. The summed E-state index contributed by atoms with van der Waals surface area (Å²) in [5.74, 6) is -3.30. The third-order valence-electron chi connectivity index (χ3n) is 5.75. The Bertz CT molecular complexity index is 1430.